The molecule has 21 heavy (non-hydrogen) atoms. The summed E-state index contributed by atoms with van der Waals surface area (Å²) in [6.07, 6.45) is 3.85. The molecule has 0 radical (unpaired) electrons. The van der Waals surface area contributed by atoms with E-state index in [1.165, 1.54) is 35.0 Å². The van der Waals surface area contributed by atoms with Crippen LogP contribution in [-0.2, 0) is 6.54 Å². The van der Waals surface area contributed by atoms with Crippen LogP contribution in [0.3, 0.4) is 0 Å². The third-order valence-corrected chi connectivity index (χ3v) is 5.01. The lowest BCUT2D eigenvalue weighted by Crippen LogP contribution is -2.35. The van der Waals surface area contributed by atoms with Gasteiger partial charge in [0.25, 0.3) is 0 Å². The summed E-state index contributed by atoms with van der Waals surface area (Å²) < 4.78 is 1.22. The van der Waals surface area contributed by atoms with Crippen molar-refractivity contribution in [1.82, 2.24) is 5.32 Å². The molecule has 0 aromatic heterocycles. The zero-order chi connectivity index (χ0) is 15.6. The van der Waals surface area contributed by atoms with Crippen molar-refractivity contribution in [1.29, 1.82) is 0 Å². The van der Waals surface area contributed by atoms with Crippen LogP contribution in [0.15, 0.2) is 22.7 Å². The lowest BCUT2D eigenvalue weighted by molar-refractivity contribution is 0.424. The maximum atomic E-state index is 3.79. The lowest BCUT2D eigenvalue weighted by atomic mass is 10.1. The first-order valence-corrected chi connectivity index (χ1v) is 8.93. The number of rotatable bonds is 4. The molecule has 118 valence electrons. The topological polar surface area (TPSA) is 15.3 Å². The fraction of sp³-hybridized carbons (Fsp3) is 0.667. The zero-order valence-electron chi connectivity index (χ0n) is 14.0. The normalized spacial score (nSPS) is 22.9. The predicted octanol–water partition coefficient (Wildman–Crippen LogP) is 5.10. The Morgan fingerprint density at radius 1 is 1.29 bits per heavy atom. The van der Waals surface area contributed by atoms with Gasteiger partial charge < -0.3 is 10.2 Å². The van der Waals surface area contributed by atoms with Gasteiger partial charge in [-0.3, -0.25) is 0 Å². The van der Waals surface area contributed by atoms with Gasteiger partial charge in [0.05, 0.1) is 5.69 Å². The van der Waals surface area contributed by atoms with Crippen molar-refractivity contribution < 1.29 is 0 Å². The van der Waals surface area contributed by atoms with E-state index in [1.807, 2.05) is 0 Å². The molecule has 3 heteroatoms. The molecule has 0 bridgehead atoms. The minimum Gasteiger partial charge on any atom is -0.365 e. The maximum Gasteiger partial charge on any atom is 0.0515 e. The van der Waals surface area contributed by atoms with E-state index in [9.17, 15) is 0 Å². The van der Waals surface area contributed by atoms with Gasteiger partial charge in [-0.25, -0.2) is 0 Å². The predicted molar refractivity (Wildman–Crippen MR) is 96.0 cm³/mol. The summed E-state index contributed by atoms with van der Waals surface area (Å²) in [4.78, 5) is 2.60. The molecule has 1 aliphatic heterocycles. The van der Waals surface area contributed by atoms with Crippen LogP contribution in [-0.4, -0.2) is 17.6 Å². The highest BCUT2D eigenvalue weighted by Crippen LogP contribution is 2.37. The molecule has 2 rings (SSSR count). The van der Waals surface area contributed by atoms with Crippen molar-refractivity contribution in [2.24, 2.45) is 0 Å². The Morgan fingerprint density at radius 2 is 2.00 bits per heavy atom. The minimum absolute atomic E-state index is 0.155. The van der Waals surface area contributed by atoms with E-state index in [4.69, 9.17) is 0 Å². The second kappa shape index (κ2) is 6.70. The van der Waals surface area contributed by atoms with E-state index in [1.54, 1.807) is 0 Å². The molecule has 0 spiro atoms. The third-order valence-electron chi connectivity index (χ3n) is 4.37. The Labute approximate surface area is 138 Å². The van der Waals surface area contributed by atoms with Crippen LogP contribution in [0, 0.1) is 0 Å². The molecule has 1 saturated heterocycles. The second-order valence-corrected chi connectivity index (χ2v) is 8.14. The fourth-order valence-corrected chi connectivity index (χ4v) is 3.77. The second-order valence-electron chi connectivity index (χ2n) is 7.29. The molecule has 2 atom stereocenters. The van der Waals surface area contributed by atoms with E-state index >= 15 is 0 Å². The summed E-state index contributed by atoms with van der Waals surface area (Å²) in [5.41, 5.74) is 2.84. The van der Waals surface area contributed by atoms with E-state index in [0.717, 1.165) is 6.54 Å². The van der Waals surface area contributed by atoms with Crippen molar-refractivity contribution in [3.05, 3.63) is 28.2 Å². The van der Waals surface area contributed by atoms with Crippen LogP contribution in [0.4, 0.5) is 5.69 Å². The van der Waals surface area contributed by atoms with E-state index in [2.05, 4.69) is 79.0 Å². The van der Waals surface area contributed by atoms with Crippen LogP contribution in [0.5, 0.6) is 0 Å². The molecular weight excluding hydrogens is 324 g/mol. The fourth-order valence-electron chi connectivity index (χ4n) is 3.14. The van der Waals surface area contributed by atoms with Crippen LogP contribution < -0.4 is 10.2 Å². The number of halogens is 1. The van der Waals surface area contributed by atoms with Crippen molar-refractivity contribution in [2.45, 2.75) is 78.0 Å². The van der Waals surface area contributed by atoms with E-state index in [0.29, 0.717) is 12.1 Å². The smallest absolute Gasteiger partial charge is 0.0515 e. The molecule has 1 aromatic carbocycles. The average molecular weight is 353 g/mol. The molecule has 1 aromatic rings. The Kier molecular flexibility index (Phi) is 5.37. The van der Waals surface area contributed by atoms with Crippen LogP contribution in [0.1, 0.15) is 59.4 Å². The number of hydrogen-bond acceptors (Lipinski definition) is 2. The van der Waals surface area contributed by atoms with E-state index in [-0.39, 0.29) is 5.54 Å². The highest BCUT2D eigenvalue weighted by atomic mass is 79.9. The summed E-state index contributed by atoms with van der Waals surface area (Å²) >= 11 is 3.79. The molecule has 1 fully saturated rings. The largest absolute Gasteiger partial charge is 0.365 e. The first-order chi connectivity index (χ1) is 9.81. The Hall–Kier alpha value is -0.540. The highest BCUT2D eigenvalue weighted by molar-refractivity contribution is 9.10. The zero-order valence-corrected chi connectivity index (χ0v) is 15.6. The summed E-state index contributed by atoms with van der Waals surface area (Å²) in [5, 5.41) is 3.55. The molecule has 1 heterocycles. The van der Waals surface area contributed by atoms with Crippen LogP contribution in [0.2, 0.25) is 0 Å². The van der Waals surface area contributed by atoms with Crippen molar-refractivity contribution in [2.75, 3.05) is 4.90 Å². The van der Waals surface area contributed by atoms with Crippen molar-refractivity contribution >= 4 is 21.6 Å². The summed E-state index contributed by atoms with van der Waals surface area (Å²) in [7, 11) is 0. The first-order valence-electron chi connectivity index (χ1n) is 8.13. The first kappa shape index (κ1) is 16.8. The molecule has 2 unspecified atom stereocenters. The van der Waals surface area contributed by atoms with Gasteiger partial charge in [0, 0.05) is 28.6 Å². The van der Waals surface area contributed by atoms with E-state index < -0.39 is 0 Å². The molecular formula is C18H29BrN2. The number of hydrogen-bond donors (Lipinski definition) is 1. The molecule has 2 nitrogen and oxygen atoms in total. The Bertz CT molecular complexity index is 479. The Balaban J connectivity index is 2.15. The third kappa shape index (κ3) is 4.23. The number of nitrogens with one attached hydrogen (secondary N) is 1. The quantitative estimate of drug-likeness (QED) is 0.810. The molecule has 1 N–H and O–H groups in total. The van der Waals surface area contributed by atoms with Gasteiger partial charge in [-0.2, -0.15) is 0 Å². The maximum absolute atomic E-state index is 3.79. The van der Waals surface area contributed by atoms with Gasteiger partial charge in [0.15, 0.2) is 0 Å². The van der Waals surface area contributed by atoms with Gasteiger partial charge in [-0.15, -0.1) is 0 Å². The summed E-state index contributed by atoms with van der Waals surface area (Å²) in [5.74, 6) is 0. The van der Waals surface area contributed by atoms with Crippen LogP contribution >= 0.6 is 15.9 Å². The van der Waals surface area contributed by atoms with Gasteiger partial charge in [0.2, 0.25) is 0 Å². The minimum atomic E-state index is 0.155. The lowest BCUT2D eigenvalue weighted by Gasteiger charge is -2.31. The molecule has 0 amide bonds. The van der Waals surface area contributed by atoms with Gasteiger partial charge in [-0.05, 0) is 80.6 Å². The average Bonchev–Trinajstić information content (AvgIpc) is 2.77. The standard InChI is InChI=1S/C18H29BrN2/c1-6-15-9-7-13(2)21(15)17-10-8-14(11-16(17)19)12-20-18(3,4)5/h8,10-11,13,15,20H,6-7,9,12H2,1-5H3. The molecule has 1 aliphatic rings. The summed E-state index contributed by atoms with van der Waals surface area (Å²) in [6, 6.07) is 8.15. The SMILES string of the molecule is CCC1CCC(C)N1c1ccc(CNC(C)(C)C)cc1Br. The number of anilines is 1. The van der Waals surface area contributed by atoms with Crippen molar-refractivity contribution in [3.8, 4) is 0 Å². The number of nitrogens with zero attached hydrogens (tertiary/aromatic N) is 1. The summed E-state index contributed by atoms with van der Waals surface area (Å²) in [6.45, 7) is 12.2. The number of benzene rings is 1. The molecule has 0 saturated carbocycles. The van der Waals surface area contributed by atoms with Crippen LogP contribution in [0.25, 0.3) is 0 Å². The molecule has 0 aliphatic carbocycles. The van der Waals surface area contributed by atoms with Crippen molar-refractivity contribution in [3.63, 3.8) is 0 Å². The Morgan fingerprint density at radius 3 is 2.57 bits per heavy atom. The van der Waals surface area contributed by atoms with Gasteiger partial charge in [-0.1, -0.05) is 13.0 Å². The monoisotopic (exact) mass is 352 g/mol. The van der Waals surface area contributed by atoms with Gasteiger partial charge >= 0.3 is 0 Å². The highest BCUT2D eigenvalue weighted by Gasteiger charge is 2.30. The van der Waals surface area contributed by atoms with Gasteiger partial charge in [0.1, 0.15) is 0 Å².